The van der Waals surface area contributed by atoms with Crippen molar-refractivity contribution < 1.29 is 14.7 Å². The molecule has 0 fully saturated rings. The molecule has 5 nitrogen and oxygen atoms in total. The number of amides is 1. The second-order valence-electron chi connectivity index (χ2n) is 4.30. The molecule has 108 valence electrons. The van der Waals surface area contributed by atoms with Gasteiger partial charge in [-0.1, -0.05) is 34.8 Å². The van der Waals surface area contributed by atoms with Crippen molar-refractivity contribution in [3.05, 3.63) is 57.3 Å². The number of aryl methyl sites for hydroxylation is 1. The molecule has 7 heteroatoms. The van der Waals surface area contributed by atoms with Gasteiger partial charge in [-0.15, -0.1) is 0 Å². The third kappa shape index (κ3) is 3.51. The zero-order chi connectivity index (χ0) is 15.6. The molecule has 1 amide bonds. The Balaban J connectivity index is 2.36. The minimum atomic E-state index is -1.13. The molecule has 0 atom stereocenters. The average Bonchev–Trinajstić information content (AvgIpc) is 2.43. The molecule has 1 heterocycles. The summed E-state index contributed by atoms with van der Waals surface area (Å²) in [6.45, 7) is 1.76. The molecule has 0 radical (unpaired) electrons. The SMILES string of the molecule is Cc1ccc(NC(=O)c2cc(Cl)ncc2Cl)c(C(=O)O)c1. The van der Waals surface area contributed by atoms with Gasteiger partial charge >= 0.3 is 5.97 Å². The number of carbonyl (C=O) groups is 2. The number of carbonyl (C=O) groups excluding carboxylic acids is 1. The number of hydrogen-bond donors (Lipinski definition) is 2. The van der Waals surface area contributed by atoms with Gasteiger partial charge in [0, 0.05) is 6.20 Å². The molecular formula is C14H10Cl2N2O3. The fraction of sp³-hybridized carbons (Fsp3) is 0.0714. The van der Waals surface area contributed by atoms with Gasteiger partial charge < -0.3 is 10.4 Å². The van der Waals surface area contributed by atoms with Gasteiger partial charge in [0.1, 0.15) is 5.15 Å². The maximum atomic E-state index is 12.2. The molecule has 0 saturated heterocycles. The lowest BCUT2D eigenvalue weighted by Crippen LogP contribution is -2.15. The first kappa shape index (κ1) is 15.3. The van der Waals surface area contributed by atoms with Crippen LogP contribution < -0.4 is 5.32 Å². The number of anilines is 1. The first-order valence-corrected chi connectivity index (χ1v) is 6.60. The Labute approximate surface area is 130 Å². The topological polar surface area (TPSA) is 79.3 Å². The van der Waals surface area contributed by atoms with Gasteiger partial charge in [0.2, 0.25) is 0 Å². The van der Waals surface area contributed by atoms with Crippen LogP contribution in [0.2, 0.25) is 10.2 Å². The number of halogens is 2. The van der Waals surface area contributed by atoms with Gasteiger partial charge in [-0.3, -0.25) is 4.79 Å². The molecule has 0 aliphatic heterocycles. The van der Waals surface area contributed by atoms with Gasteiger partial charge in [-0.05, 0) is 25.1 Å². The first-order valence-electron chi connectivity index (χ1n) is 5.85. The summed E-state index contributed by atoms with van der Waals surface area (Å²) >= 11 is 11.6. The van der Waals surface area contributed by atoms with Gasteiger partial charge in [-0.2, -0.15) is 0 Å². The predicted octanol–water partition coefficient (Wildman–Crippen LogP) is 3.65. The van der Waals surface area contributed by atoms with Crippen molar-refractivity contribution in [1.29, 1.82) is 0 Å². The number of benzene rings is 1. The van der Waals surface area contributed by atoms with E-state index in [0.29, 0.717) is 0 Å². The third-order valence-electron chi connectivity index (χ3n) is 2.72. The molecule has 0 unspecified atom stereocenters. The summed E-state index contributed by atoms with van der Waals surface area (Å²) in [6.07, 6.45) is 1.26. The van der Waals surface area contributed by atoms with Crippen LogP contribution in [0.25, 0.3) is 0 Å². The summed E-state index contributed by atoms with van der Waals surface area (Å²) in [5, 5.41) is 11.9. The Morgan fingerprint density at radius 2 is 1.90 bits per heavy atom. The van der Waals surface area contributed by atoms with E-state index < -0.39 is 11.9 Å². The molecule has 0 aliphatic carbocycles. The van der Waals surface area contributed by atoms with E-state index in [2.05, 4.69) is 10.3 Å². The summed E-state index contributed by atoms with van der Waals surface area (Å²) in [5.74, 6) is -1.69. The molecule has 0 bridgehead atoms. The van der Waals surface area contributed by atoms with Gasteiger partial charge in [0.25, 0.3) is 5.91 Å². The van der Waals surface area contributed by atoms with Crippen molar-refractivity contribution in [3.63, 3.8) is 0 Å². The molecule has 0 aliphatic rings. The molecule has 2 rings (SSSR count). The van der Waals surface area contributed by atoms with E-state index in [-0.39, 0.29) is 27.0 Å². The number of carboxylic acid groups (broad SMARTS) is 1. The van der Waals surface area contributed by atoms with Crippen LogP contribution in [0.15, 0.2) is 30.5 Å². The van der Waals surface area contributed by atoms with Gasteiger partial charge in [0.15, 0.2) is 0 Å². The number of aromatic carboxylic acids is 1. The fourth-order valence-electron chi connectivity index (χ4n) is 1.72. The first-order chi connectivity index (χ1) is 9.88. The van der Waals surface area contributed by atoms with E-state index in [1.54, 1.807) is 13.0 Å². The van der Waals surface area contributed by atoms with E-state index >= 15 is 0 Å². The van der Waals surface area contributed by atoms with Gasteiger partial charge in [-0.25, -0.2) is 9.78 Å². The summed E-state index contributed by atoms with van der Waals surface area (Å²) in [6, 6.07) is 6.00. The number of hydrogen-bond acceptors (Lipinski definition) is 3. The number of pyridine rings is 1. The maximum absolute atomic E-state index is 12.2. The smallest absolute Gasteiger partial charge is 0.337 e. The van der Waals surface area contributed by atoms with Crippen molar-refractivity contribution in [2.75, 3.05) is 5.32 Å². The quantitative estimate of drug-likeness (QED) is 0.844. The van der Waals surface area contributed by atoms with Crippen molar-refractivity contribution >= 4 is 40.8 Å². The third-order valence-corrected chi connectivity index (χ3v) is 3.23. The van der Waals surface area contributed by atoms with E-state index in [4.69, 9.17) is 28.3 Å². The van der Waals surface area contributed by atoms with Crippen molar-refractivity contribution in [2.24, 2.45) is 0 Å². The molecular weight excluding hydrogens is 315 g/mol. The number of aromatic nitrogens is 1. The van der Waals surface area contributed by atoms with E-state index in [0.717, 1.165) is 5.56 Å². The lowest BCUT2D eigenvalue weighted by Gasteiger charge is -2.10. The minimum Gasteiger partial charge on any atom is -0.478 e. The molecule has 1 aromatic heterocycles. The Kier molecular flexibility index (Phi) is 4.45. The highest BCUT2D eigenvalue weighted by molar-refractivity contribution is 6.35. The number of rotatable bonds is 3. The lowest BCUT2D eigenvalue weighted by molar-refractivity contribution is 0.0698. The van der Waals surface area contributed by atoms with Crippen LogP contribution in [-0.2, 0) is 0 Å². The molecule has 21 heavy (non-hydrogen) atoms. The standard InChI is InChI=1S/C14H10Cl2N2O3/c1-7-2-3-11(9(4-7)14(20)21)18-13(19)8-5-12(16)17-6-10(8)15/h2-6H,1H3,(H,18,19)(H,20,21). The van der Waals surface area contributed by atoms with Crippen LogP contribution >= 0.6 is 23.2 Å². The normalized spacial score (nSPS) is 10.2. The van der Waals surface area contributed by atoms with Crippen molar-refractivity contribution in [1.82, 2.24) is 4.98 Å². The second kappa shape index (κ2) is 6.11. The average molecular weight is 325 g/mol. The maximum Gasteiger partial charge on any atom is 0.337 e. The van der Waals surface area contributed by atoms with E-state index in [1.807, 2.05) is 0 Å². The molecule has 0 spiro atoms. The largest absolute Gasteiger partial charge is 0.478 e. The molecule has 0 saturated carbocycles. The van der Waals surface area contributed by atoms with Crippen LogP contribution in [0.1, 0.15) is 26.3 Å². The highest BCUT2D eigenvalue weighted by Crippen LogP contribution is 2.22. The molecule has 2 aromatic rings. The Morgan fingerprint density at radius 1 is 1.19 bits per heavy atom. The van der Waals surface area contributed by atoms with Crippen molar-refractivity contribution in [3.8, 4) is 0 Å². The summed E-state index contributed by atoms with van der Waals surface area (Å²) in [5.41, 5.74) is 1.07. The van der Waals surface area contributed by atoms with Crippen LogP contribution in [0.3, 0.4) is 0 Å². The monoisotopic (exact) mass is 324 g/mol. The highest BCUT2D eigenvalue weighted by Gasteiger charge is 2.16. The number of nitrogens with one attached hydrogen (secondary N) is 1. The van der Waals surface area contributed by atoms with Crippen LogP contribution in [-0.4, -0.2) is 22.0 Å². The van der Waals surface area contributed by atoms with Crippen LogP contribution in [0.5, 0.6) is 0 Å². The highest BCUT2D eigenvalue weighted by atomic mass is 35.5. The lowest BCUT2D eigenvalue weighted by atomic mass is 10.1. The van der Waals surface area contributed by atoms with E-state index in [9.17, 15) is 9.59 Å². The molecule has 2 N–H and O–H groups in total. The van der Waals surface area contributed by atoms with Crippen molar-refractivity contribution in [2.45, 2.75) is 6.92 Å². The zero-order valence-electron chi connectivity index (χ0n) is 10.9. The van der Waals surface area contributed by atoms with Crippen LogP contribution in [0.4, 0.5) is 5.69 Å². The summed E-state index contributed by atoms with van der Waals surface area (Å²) in [4.78, 5) is 27.1. The minimum absolute atomic E-state index is 0.000347. The fourth-order valence-corrected chi connectivity index (χ4v) is 2.07. The summed E-state index contributed by atoms with van der Waals surface area (Å²) < 4.78 is 0. The molecule has 1 aromatic carbocycles. The Hall–Kier alpha value is -2.11. The second-order valence-corrected chi connectivity index (χ2v) is 5.09. The Morgan fingerprint density at radius 3 is 2.57 bits per heavy atom. The number of nitrogens with zero attached hydrogens (tertiary/aromatic N) is 1. The van der Waals surface area contributed by atoms with Crippen LogP contribution in [0, 0.1) is 6.92 Å². The Bertz CT molecular complexity index is 732. The predicted molar refractivity (Wildman–Crippen MR) is 80.3 cm³/mol. The van der Waals surface area contributed by atoms with E-state index in [1.165, 1.54) is 24.4 Å². The summed E-state index contributed by atoms with van der Waals surface area (Å²) in [7, 11) is 0. The number of carboxylic acids is 1. The van der Waals surface area contributed by atoms with Gasteiger partial charge in [0.05, 0.1) is 21.8 Å². The zero-order valence-corrected chi connectivity index (χ0v) is 12.4.